The first-order chi connectivity index (χ1) is 9.49. The van der Waals surface area contributed by atoms with Gasteiger partial charge in [-0.25, -0.2) is 13.2 Å². The molecular weight excluding hydrogens is 287 g/mol. The molecule has 1 N–H and O–H groups in total. The summed E-state index contributed by atoms with van der Waals surface area (Å²) >= 11 is 1.18. The van der Waals surface area contributed by atoms with E-state index in [4.69, 9.17) is 0 Å². The highest BCUT2D eigenvalue weighted by molar-refractivity contribution is 7.14. The Morgan fingerprint density at radius 3 is 2.60 bits per heavy atom. The topological polar surface area (TPSA) is 37.8 Å². The number of hydrogen-bond donors (Lipinski definition) is 1. The molecule has 0 aliphatic heterocycles. The highest BCUT2D eigenvalue weighted by Crippen LogP contribution is 2.28. The zero-order chi connectivity index (χ0) is 14.7. The maximum Gasteiger partial charge on any atom is 0.195 e. The SMILES string of the molecule is CC(C)NCCc1nnc(-c2ccc(F)c(F)c2F)s1. The van der Waals surface area contributed by atoms with Crippen LogP contribution in [0.5, 0.6) is 0 Å². The van der Waals surface area contributed by atoms with E-state index < -0.39 is 17.5 Å². The maximum absolute atomic E-state index is 13.6. The van der Waals surface area contributed by atoms with Crippen molar-refractivity contribution >= 4 is 11.3 Å². The zero-order valence-corrected chi connectivity index (χ0v) is 11.9. The molecule has 7 heteroatoms. The average molecular weight is 301 g/mol. The third-order valence-electron chi connectivity index (χ3n) is 2.62. The first-order valence-corrected chi connectivity index (χ1v) is 7.00. The Balaban J connectivity index is 2.15. The van der Waals surface area contributed by atoms with Crippen LogP contribution in [0.1, 0.15) is 18.9 Å². The molecule has 0 aliphatic rings. The summed E-state index contributed by atoms with van der Waals surface area (Å²) < 4.78 is 39.7. The molecule has 0 amide bonds. The number of nitrogens with zero attached hydrogens (tertiary/aromatic N) is 2. The Bertz CT molecular complexity index is 599. The molecule has 20 heavy (non-hydrogen) atoms. The summed E-state index contributed by atoms with van der Waals surface area (Å²) in [7, 11) is 0. The van der Waals surface area contributed by atoms with Gasteiger partial charge in [0.25, 0.3) is 0 Å². The molecule has 0 radical (unpaired) electrons. The smallest absolute Gasteiger partial charge is 0.195 e. The summed E-state index contributed by atoms with van der Waals surface area (Å²) in [5.41, 5.74) is -0.0653. The highest BCUT2D eigenvalue weighted by Gasteiger charge is 2.17. The fourth-order valence-corrected chi connectivity index (χ4v) is 2.48. The van der Waals surface area contributed by atoms with Crippen LogP contribution in [-0.2, 0) is 6.42 Å². The van der Waals surface area contributed by atoms with E-state index in [0.717, 1.165) is 17.6 Å². The Hall–Kier alpha value is -1.47. The number of aromatic nitrogens is 2. The highest BCUT2D eigenvalue weighted by atomic mass is 32.1. The van der Waals surface area contributed by atoms with Gasteiger partial charge < -0.3 is 5.32 Å². The minimum atomic E-state index is -1.49. The van der Waals surface area contributed by atoms with E-state index in [1.165, 1.54) is 17.4 Å². The first kappa shape index (κ1) is 14.9. The van der Waals surface area contributed by atoms with Gasteiger partial charge in [0, 0.05) is 19.0 Å². The van der Waals surface area contributed by atoms with E-state index in [-0.39, 0.29) is 10.6 Å². The van der Waals surface area contributed by atoms with Crippen molar-refractivity contribution < 1.29 is 13.2 Å². The lowest BCUT2D eigenvalue weighted by Crippen LogP contribution is -2.24. The second-order valence-corrected chi connectivity index (χ2v) is 5.64. The molecule has 0 bridgehead atoms. The summed E-state index contributed by atoms with van der Waals surface area (Å²) in [6.45, 7) is 4.79. The second-order valence-electron chi connectivity index (χ2n) is 4.58. The lowest BCUT2D eigenvalue weighted by molar-refractivity contribution is 0.449. The zero-order valence-electron chi connectivity index (χ0n) is 11.1. The van der Waals surface area contributed by atoms with Gasteiger partial charge in [-0.05, 0) is 12.1 Å². The molecule has 3 nitrogen and oxygen atoms in total. The normalized spacial score (nSPS) is 11.3. The number of rotatable bonds is 5. The lowest BCUT2D eigenvalue weighted by atomic mass is 10.2. The molecule has 0 aliphatic carbocycles. The third kappa shape index (κ3) is 3.34. The fraction of sp³-hybridized carbons (Fsp3) is 0.385. The molecule has 0 unspecified atom stereocenters. The van der Waals surface area contributed by atoms with Crippen LogP contribution in [0, 0.1) is 17.5 Å². The van der Waals surface area contributed by atoms with Crippen LogP contribution in [0.2, 0.25) is 0 Å². The van der Waals surface area contributed by atoms with Crippen LogP contribution < -0.4 is 5.32 Å². The van der Waals surface area contributed by atoms with Crippen LogP contribution in [0.4, 0.5) is 13.2 Å². The molecule has 108 valence electrons. The van der Waals surface area contributed by atoms with Gasteiger partial charge in [0.15, 0.2) is 22.5 Å². The quantitative estimate of drug-likeness (QED) is 0.862. The van der Waals surface area contributed by atoms with Gasteiger partial charge in [-0.15, -0.1) is 10.2 Å². The number of nitrogens with one attached hydrogen (secondary N) is 1. The van der Waals surface area contributed by atoms with Crippen LogP contribution in [0.3, 0.4) is 0 Å². The Labute approximate surface area is 118 Å². The molecule has 0 saturated carbocycles. The molecule has 0 fully saturated rings. The maximum atomic E-state index is 13.6. The van der Waals surface area contributed by atoms with Crippen LogP contribution in [-0.4, -0.2) is 22.8 Å². The van der Waals surface area contributed by atoms with Gasteiger partial charge in [-0.2, -0.15) is 0 Å². The summed E-state index contributed by atoms with van der Waals surface area (Å²) in [4.78, 5) is 0. The molecule has 2 aromatic rings. The van der Waals surface area contributed by atoms with Crippen molar-refractivity contribution in [2.24, 2.45) is 0 Å². The van der Waals surface area contributed by atoms with Crippen LogP contribution >= 0.6 is 11.3 Å². The van der Waals surface area contributed by atoms with Crippen molar-refractivity contribution in [1.82, 2.24) is 15.5 Å². The summed E-state index contributed by atoms with van der Waals surface area (Å²) in [5.74, 6) is -3.93. The molecule has 1 aromatic carbocycles. The van der Waals surface area contributed by atoms with Crippen molar-refractivity contribution in [3.05, 3.63) is 34.6 Å². The molecule has 0 saturated heterocycles. The monoisotopic (exact) mass is 301 g/mol. The molecule has 1 heterocycles. The fourth-order valence-electron chi connectivity index (χ4n) is 1.62. The van der Waals surface area contributed by atoms with Gasteiger partial charge in [-0.1, -0.05) is 25.2 Å². The minimum Gasteiger partial charge on any atom is -0.314 e. The van der Waals surface area contributed by atoms with Crippen molar-refractivity contribution in [2.45, 2.75) is 26.3 Å². The first-order valence-electron chi connectivity index (χ1n) is 6.18. The average Bonchev–Trinajstić information content (AvgIpc) is 2.84. The molecule has 1 aromatic heterocycles. The van der Waals surface area contributed by atoms with Gasteiger partial charge in [0.2, 0.25) is 0 Å². The Morgan fingerprint density at radius 2 is 1.90 bits per heavy atom. The van der Waals surface area contributed by atoms with Crippen LogP contribution in [0.15, 0.2) is 12.1 Å². The number of benzene rings is 1. The molecule has 0 atom stereocenters. The predicted octanol–water partition coefficient (Wildman–Crippen LogP) is 3.16. The van der Waals surface area contributed by atoms with Crippen molar-refractivity contribution in [2.75, 3.05) is 6.54 Å². The van der Waals surface area contributed by atoms with E-state index in [1.54, 1.807) is 0 Å². The van der Waals surface area contributed by atoms with E-state index in [0.29, 0.717) is 12.5 Å². The van der Waals surface area contributed by atoms with Gasteiger partial charge in [0.05, 0.1) is 5.56 Å². The lowest BCUT2D eigenvalue weighted by Gasteiger charge is -2.05. The minimum absolute atomic E-state index is 0.0653. The van der Waals surface area contributed by atoms with E-state index in [9.17, 15) is 13.2 Å². The molecular formula is C13H14F3N3S. The predicted molar refractivity (Wildman–Crippen MR) is 72.1 cm³/mol. The summed E-state index contributed by atoms with van der Waals surface area (Å²) in [5, 5.41) is 12.0. The second kappa shape index (κ2) is 6.32. The van der Waals surface area contributed by atoms with Gasteiger partial charge in [-0.3, -0.25) is 0 Å². The molecule has 2 rings (SSSR count). The third-order valence-corrected chi connectivity index (χ3v) is 3.64. The largest absolute Gasteiger partial charge is 0.314 e. The van der Waals surface area contributed by atoms with Gasteiger partial charge in [0.1, 0.15) is 5.01 Å². The number of halogens is 3. The summed E-state index contributed by atoms with van der Waals surface area (Å²) in [6.07, 6.45) is 0.654. The molecule has 0 spiro atoms. The van der Waals surface area contributed by atoms with Crippen molar-refractivity contribution in [1.29, 1.82) is 0 Å². The van der Waals surface area contributed by atoms with Gasteiger partial charge >= 0.3 is 0 Å². The van der Waals surface area contributed by atoms with E-state index in [2.05, 4.69) is 15.5 Å². The standard InChI is InChI=1S/C13H14F3N3S/c1-7(2)17-6-5-10-18-19-13(20-10)8-3-4-9(14)12(16)11(8)15/h3-4,7,17H,5-6H2,1-2H3. The van der Waals surface area contributed by atoms with Crippen molar-refractivity contribution in [3.63, 3.8) is 0 Å². The number of hydrogen-bond acceptors (Lipinski definition) is 4. The van der Waals surface area contributed by atoms with E-state index in [1.807, 2.05) is 13.8 Å². The van der Waals surface area contributed by atoms with E-state index >= 15 is 0 Å². The Morgan fingerprint density at radius 1 is 1.15 bits per heavy atom. The summed E-state index contributed by atoms with van der Waals surface area (Å²) in [6, 6.07) is 2.42. The van der Waals surface area contributed by atoms with Crippen LogP contribution in [0.25, 0.3) is 10.6 Å². The van der Waals surface area contributed by atoms with Crippen molar-refractivity contribution in [3.8, 4) is 10.6 Å². The Kier molecular flexibility index (Phi) is 4.72.